The third-order valence-electron chi connectivity index (χ3n) is 3.00. The van der Waals surface area contributed by atoms with E-state index in [0.717, 1.165) is 12.2 Å². The summed E-state index contributed by atoms with van der Waals surface area (Å²) >= 11 is 0. The maximum Gasteiger partial charge on any atom is 0.260 e. The minimum absolute atomic E-state index is 0.0546. The number of benzene rings is 1. The third-order valence-corrected chi connectivity index (χ3v) is 3.00. The second-order valence-electron chi connectivity index (χ2n) is 4.64. The molecule has 0 radical (unpaired) electrons. The van der Waals surface area contributed by atoms with Gasteiger partial charge < -0.3 is 24.2 Å². The van der Waals surface area contributed by atoms with E-state index in [4.69, 9.17) is 19.3 Å². The van der Waals surface area contributed by atoms with E-state index in [0.29, 0.717) is 32.1 Å². The summed E-state index contributed by atoms with van der Waals surface area (Å²) in [5, 5.41) is 9.03. The Morgan fingerprint density at radius 3 is 2.32 bits per heavy atom. The van der Waals surface area contributed by atoms with Crippen LogP contribution in [0.4, 0.5) is 0 Å². The van der Waals surface area contributed by atoms with Crippen LogP contribution in [0.25, 0.3) is 0 Å². The van der Waals surface area contributed by atoms with Crippen molar-refractivity contribution in [3.05, 3.63) is 24.3 Å². The van der Waals surface area contributed by atoms with Crippen molar-refractivity contribution in [3.8, 4) is 11.5 Å². The average Bonchev–Trinajstić information content (AvgIpc) is 2.53. The third kappa shape index (κ3) is 6.78. The fourth-order valence-electron chi connectivity index (χ4n) is 1.92. The van der Waals surface area contributed by atoms with Gasteiger partial charge in [0.25, 0.3) is 5.91 Å². The van der Waals surface area contributed by atoms with Gasteiger partial charge in [-0.2, -0.15) is 0 Å². The summed E-state index contributed by atoms with van der Waals surface area (Å²) < 4.78 is 15.8. The molecular formula is C16H25NO5. The molecule has 0 heterocycles. The summed E-state index contributed by atoms with van der Waals surface area (Å²) in [5.41, 5.74) is 0. The van der Waals surface area contributed by atoms with Gasteiger partial charge in [0.1, 0.15) is 11.5 Å². The number of aliphatic hydroxyl groups is 1. The molecule has 0 spiro atoms. The summed E-state index contributed by atoms with van der Waals surface area (Å²) in [7, 11) is 1.62. The molecule has 0 atom stereocenters. The molecule has 0 aliphatic carbocycles. The molecule has 1 N–H and O–H groups in total. The van der Waals surface area contributed by atoms with Crippen LogP contribution in [0.3, 0.4) is 0 Å². The highest BCUT2D eigenvalue weighted by molar-refractivity contribution is 5.77. The summed E-state index contributed by atoms with van der Waals surface area (Å²) in [4.78, 5) is 13.7. The first-order valence-electron chi connectivity index (χ1n) is 7.44. The van der Waals surface area contributed by atoms with Crippen molar-refractivity contribution in [2.24, 2.45) is 0 Å². The van der Waals surface area contributed by atoms with E-state index in [9.17, 15) is 4.79 Å². The highest BCUT2D eigenvalue weighted by atomic mass is 16.5. The van der Waals surface area contributed by atoms with E-state index in [2.05, 4.69) is 0 Å². The van der Waals surface area contributed by atoms with Crippen molar-refractivity contribution < 1.29 is 24.1 Å². The monoisotopic (exact) mass is 311 g/mol. The van der Waals surface area contributed by atoms with E-state index < -0.39 is 0 Å². The van der Waals surface area contributed by atoms with Crippen LogP contribution in [0.15, 0.2) is 24.3 Å². The normalized spacial score (nSPS) is 10.3. The molecule has 1 aromatic carbocycles. The first kappa shape index (κ1) is 18.3. The quantitative estimate of drug-likeness (QED) is 0.624. The van der Waals surface area contributed by atoms with Crippen molar-refractivity contribution >= 4 is 5.91 Å². The van der Waals surface area contributed by atoms with Gasteiger partial charge in [-0.05, 0) is 37.6 Å². The van der Waals surface area contributed by atoms with E-state index in [1.54, 1.807) is 36.3 Å². The van der Waals surface area contributed by atoms with Gasteiger partial charge in [0, 0.05) is 26.8 Å². The van der Waals surface area contributed by atoms with Crippen LogP contribution in [0, 0.1) is 0 Å². The van der Waals surface area contributed by atoms with Crippen molar-refractivity contribution in [2.75, 3.05) is 46.6 Å². The zero-order chi connectivity index (χ0) is 16.2. The van der Waals surface area contributed by atoms with Gasteiger partial charge in [-0.3, -0.25) is 4.79 Å². The number of hydrogen-bond acceptors (Lipinski definition) is 5. The Balaban J connectivity index is 2.43. The van der Waals surface area contributed by atoms with Crippen LogP contribution in [-0.4, -0.2) is 62.5 Å². The van der Waals surface area contributed by atoms with E-state index in [1.807, 2.05) is 6.92 Å². The predicted molar refractivity (Wildman–Crippen MR) is 83.3 cm³/mol. The van der Waals surface area contributed by atoms with Gasteiger partial charge in [-0.1, -0.05) is 0 Å². The average molecular weight is 311 g/mol. The molecule has 0 unspecified atom stereocenters. The van der Waals surface area contributed by atoms with Crippen LogP contribution < -0.4 is 9.47 Å². The smallest absolute Gasteiger partial charge is 0.260 e. The second-order valence-corrected chi connectivity index (χ2v) is 4.64. The predicted octanol–water partition coefficient (Wildman–Crippen LogP) is 1.32. The van der Waals surface area contributed by atoms with Crippen LogP contribution in [0.2, 0.25) is 0 Å². The number of carbonyl (C=O) groups is 1. The molecule has 1 aromatic rings. The standard InChI is InChI=1S/C16H25NO5/c1-3-21-14-5-7-15(8-6-14)22-13-16(19)17(10-11-18)9-4-12-20-2/h5-8,18H,3-4,9-13H2,1-2H3. The van der Waals surface area contributed by atoms with E-state index in [-0.39, 0.29) is 19.1 Å². The van der Waals surface area contributed by atoms with Gasteiger partial charge >= 0.3 is 0 Å². The van der Waals surface area contributed by atoms with Gasteiger partial charge in [0.2, 0.25) is 0 Å². The lowest BCUT2D eigenvalue weighted by Gasteiger charge is -2.21. The molecule has 0 saturated carbocycles. The molecule has 124 valence electrons. The second kappa shape index (κ2) is 10.9. The highest BCUT2D eigenvalue weighted by Gasteiger charge is 2.13. The van der Waals surface area contributed by atoms with E-state index >= 15 is 0 Å². The molecule has 0 bridgehead atoms. The Morgan fingerprint density at radius 1 is 1.14 bits per heavy atom. The van der Waals surface area contributed by atoms with Gasteiger partial charge in [-0.15, -0.1) is 0 Å². The van der Waals surface area contributed by atoms with Gasteiger partial charge in [0.15, 0.2) is 6.61 Å². The van der Waals surface area contributed by atoms with Crippen LogP contribution in [0.5, 0.6) is 11.5 Å². The topological polar surface area (TPSA) is 68.2 Å². The lowest BCUT2D eigenvalue weighted by Crippen LogP contribution is -2.38. The number of rotatable bonds is 11. The molecule has 0 fully saturated rings. The number of methoxy groups -OCH3 is 1. The van der Waals surface area contributed by atoms with Crippen molar-refractivity contribution in [3.63, 3.8) is 0 Å². The number of carbonyl (C=O) groups excluding carboxylic acids is 1. The SMILES string of the molecule is CCOc1ccc(OCC(=O)N(CCO)CCCOC)cc1. The molecule has 6 nitrogen and oxygen atoms in total. The zero-order valence-corrected chi connectivity index (χ0v) is 13.3. The molecule has 1 amide bonds. The zero-order valence-electron chi connectivity index (χ0n) is 13.3. The van der Waals surface area contributed by atoms with Crippen LogP contribution >= 0.6 is 0 Å². The fourth-order valence-corrected chi connectivity index (χ4v) is 1.92. The Bertz CT molecular complexity index is 421. The first-order valence-corrected chi connectivity index (χ1v) is 7.44. The summed E-state index contributed by atoms with van der Waals surface area (Å²) in [6.07, 6.45) is 0.727. The minimum Gasteiger partial charge on any atom is -0.494 e. The largest absolute Gasteiger partial charge is 0.494 e. The maximum atomic E-state index is 12.1. The lowest BCUT2D eigenvalue weighted by molar-refractivity contribution is -0.134. The van der Waals surface area contributed by atoms with Gasteiger partial charge in [-0.25, -0.2) is 0 Å². The Morgan fingerprint density at radius 2 is 1.77 bits per heavy atom. The summed E-state index contributed by atoms with van der Waals surface area (Å²) in [6.45, 7) is 3.82. The molecule has 1 rings (SSSR count). The molecule has 0 saturated heterocycles. The maximum absolute atomic E-state index is 12.1. The number of ether oxygens (including phenoxy) is 3. The molecule has 22 heavy (non-hydrogen) atoms. The number of nitrogens with zero attached hydrogens (tertiary/aromatic N) is 1. The molecule has 6 heteroatoms. The fraction of sp³-hybridized carbons (Fsp3) is 0.562. The molecular weight excluding hydrogens is 286 g/mol. The molecule has 0 aliphatic heterocycles. The lowest BCUT2D eigenvalue weighted by atomic mass is 10.3. The minimum atomic E-state index is -0.154. The van der Waals surface area contributed by atoms with E-state index in [1.165, 1.54) is 0 Å². The number of hydrogen-bond donors (Lipinski definition) is 1. The van der Waals surface area contributed by atoms with Crippen molar-refractivity contribution in [1.82, 2.24) is 4.90 Å². The number of aliphatic hydroxyl groups excluding tert-OH is 1. The van der Waals surface area contributed by atoms with Crippen LogP contribution in [0.1, 0.15) is 13.3 Å². The Labute approximate surface area is 131 Å². The van der Waals surface area contributed by atoms with Crippen LogP contribution in [-0.2, 0) is 9.53 Å². The van der Waals surface area contributed by atoms with Crippen molar-refractivity contribution in [2.45, 2.75) is 13.3 Å². The first-order chi connectivity index (χ1) is 10.7. The number of amides is 1. The Hall–Kier alpha value is -1.79. The molecule has 0 aliphatic rings. The summed E-state index contributed by atoms with van der Waals surface area (Å²) in [5.74, 6) is 1.22. The van der Waals surface area contributed by atoms with Crippen molar-refractivity contribution in [1.29, 1.82) is 0 Å². The molecule has 0 aromatic heterocycles. The van der Waals surface area contributed by atoms with Gasteiger partial charge in [0.05, 0.1) is 13.2 Å². The Kier molecular flexibility index (Phi) is 9.02. The highest BCUT2D eigenvalue weighted by Crippen LogP contribution is 2.17. The summed E-state index contributed by atoms with van der Waals surface area (Å²) in [6, 6.07) is 7.12.